The lowest BCUT2D eigenvalue weighted by Gasteiger charge is -2.11. The van der Waals surface area contributed by atoms with Crippen LogP contribution in [0.2, 0.25) is 0 Å². The highest BCUT2D eigenvalue weighted by molar-refractivity contribution is 5.89. The van der Waals surface area contributed by atoms with Crippen LogP contribution in [-0.2, 0) is 9.53 Å². The van der Waals surface area contributed by atoms with E-state index in [0.717, 1.165) is 0 Å². The second kappa shape index (κ2) is 6.46. The summed E-state index contributed by atoms with van der Waals surface area (Å²) in [6, 6.07) is 3.18. The normalized spacial score (nSPS) is 11.7. The zero-order valence-electron chi connectivity index (χ0n) is 10.8. The van der Waals surface area contributed by atoms with E-state index in [-0.39, 0.29) is 18.3 Å². The lowest BCUT2D eigenvalue weighted by atomic mass is 10.2. The van der Waals surface area contributed by atoms with Crippen molar-refractivity contribution in [2.45, 2.75) is 13.0 Å². The summed E-state index contributed by atoms with van der Waals surface area (Å²) in [5, 5.41) is 2.64. The molecule has 0 radical (unpaired) electrons. The van der Waals surface area contributed by atoms with Crippen molar-refractivity contribution in [3.05, 3.63) is 48.4 Å². The molecule has 7 heteroatoms. The molecule has 20 heavy (non-hydrogen) atoms. The number of aromatic nitrogens is 2. The van der Waals surface area contributed by atoms with Crippen LogP contribution in [-0.4, -0.2) is 28.5 Å². The van der Waals surface area contributed by atoms with Crippen LogP contribution in [0.15, 0.2) is 41.4 Å². The highest BCUT2D eigenvalue weighted by Gasteiger charge is 2.15. The summed E-state index contributed by atoms with van der Waals surface area (Å²) in [7, 11) is 0. The Balaban J connectivity index is 1.79. The molecular weight excluding hydrogens is 262 g/mol. The quantitative estimate of drug-likeness (QED) is 0.821. The Morgan fingerprint density at radius 3 is 2.95 bits per heavy atom. The molecular formula is C13H13N3O4. The third-order valence-electron chi connectivity index (χ3n) is 2.45. The molecule has 0 spiro atoms. The number of carbonyl (C=O) groups excluding carboxylic acids is 2. The number of amides is 1. The first-order valence-corrected chi connectivity index (χ1v) is 5.92. The van der Waals surface area contributed by atoms with Gasteiger partial charge in [-0.1, -0.05) is 0 Å². The molecule has 0 aromatic carbocycles. The number of esters is 1. The molecule has 0 aliphatic rings. The van der Waals surface area contributed by atoms with Gasteiger partial charge in [-0.25, -0.2) is 9.78 Å². The van der Waals surface area contributed by atoms with Crippen molar-refractivity contribution in [1.82, 2.24) is 15.3 Å². The maximum Gasteiger partial charge on any atom is 0.359 e. The van der Waals surface area contributed by atoms with E-state index in [2.05, 4.69) is 15.3 Å². The van der Waals surface area contributed by atoms with Crippen LogP contribution in [0.4, 0.5) is 0 Å². The number of rotatable bonds is 5. The molecule has 0 aliphatic heterocycles. The maximum atomic E-state index is 11.6. The molecule has 2 aromatic rings. The van der Waals surface area contributed by atoms with Gasteiger partial charge in [0.2, 0.25) is 0 Å². The van der Waals surface area contributed by atoms with Gasteiger partial charge in [0, 0.05) is 12.4 Å². The number of hydrogen-bond acceptors (Lipinski definition) is 6. The van der Waals surface area contributed by atoms with Gasteiger partial charge in [-0.05, 0) is 19.1 Å². The van der Waals surface area contributed by atoms with Gasteiger partial charge >= 0.3 is 5.97 Å². The van der Waals surface area contributed by atoms with Crippen molar-refractivity contribution < 1.29 is 18.7 Å². The van der Waals surface area contributed by atoms with Crippen LogP contribution in [0.25, 0.3) is 0 Å². The van der Waals surface area contributed by atoms with Crippen molar-refractivity contribution in [1.29, 1.82) is 0 Å². The van der Waals surface area contributed by atoms with E-state index in [0.29, 0.717) is 5.76 Å². The summed E-state index contributed by atoms with van der Waals surface area (Å²) in [5.41, 5.74) is 0.0550. The van der Waals surface area contributed by atoms with E-state index < -0.39 is 11.9 Å². The van der Waals surface area contributed by atoms with Crippen LogP contribution in [0.5, 0.6) is 0 Å². The van der Waals surface area contributed by atoms with Gasteiger partial charge in [0.1, 0.15) is 5.76 Å². The van der Waals surface area contributed by atoms with Crippen molar-refractivity contribution in [2.75, 3.05) is 6.61 Å². The monoisotopic (exact) mass is 275 g/mol. The van der Waals surface area contributed by atoms with E-state index in [1.165, 1.54) is 24.9 Å². The van der Waals surface area contributed by atoms with Crippen LogP contribution < -0.4 is 5.32 Å². The second-order valence-corrected chi connectivity index (χ2v) is 3.97. The van der Waals surface area contributed by atoms with E-state index >= 15 is 0 Å². The molecule has 2 rings (SSSR count). The highest BCUT2D eigenvalue weighted by Crippen LogP contribution is 2.11. The first-order valence-electron chi connectivity index (χ1n) is 5.92. The minimum atomic E-state index is -0.695. The molecule has 1 N–H and O–H groups in total. The Morgan fingerprint density at radius 1 is 1.45 bits per heavy atom. The first-order chi connectivity index (χ1) is 9.66. The van der Waals surface area contributed by atoms with Crippen molar-refractivity contribution in [2.24, 2.45) is 0 Å². The Kier molecular flexibility index (Phi) is 4.43. The Bertz CT molecular complexity index is 569. The molecule has 1 amide bonds. The largest absolute Gasteiger partial charge is 0.467 e. The topological polar surface area (TPSA) is 94.3 Å². The fraction of sp³-hybridized carbons (Fsp3) is 0.231. The predicted molar refractivity (Wildman–Crippen MR) is 67.6 cm³/mol. The Morgan fingerprint density at radius 2 is 2.30 bits per heavy atom. The number of hydrogen-bond donors (Lipinski definition) is 1. The van der Waals surface area contributed by atoms with Crippen LogP contribution in [0.1, 0.15) is 29.2 Å². The summed E-state index contributed by atoms with van der Waals surface area (Å²) in [5.74, 6) is -0.497. The average molecular weight is 275 g/mol. The maximum absolute atomic E-state index is 11.6. The van der Waals surface area contributed by atoms with Crippen LogP contribution >= 0.6 is 0 Å². The minimum absolute atomic E-state index is 0.0550. The zero-order valence-corrected chi connectivity index (χ0v) is 10.8. The molecule has 1 atom stereocenters. The molecule has 0 unspecified atom stereocenters. The van der Waals surface area contributed by atoms with Gasteiger partial charge < -0.3 is 14.5 Å². The molecule has 2 heterocycles. The second-order valence-electron chi connectivity index (χ2n) is 3.97. The van der Waals surface area contributed by atoms with E-state index in [1.54, 1.807) is 19.1 Å². The van der Waals surface area contributed by atoms with Crippen molar-refractivity contribution in [3.63, 3.8) is 0 Å². The van der Waals surface area contributed by atoms with Crippen LogP contribution in [0, 0.1) is 0 Å². The number of furan rings is 1. The van der Waals surface area contributed by atoms with Gasteiger partial charge in [0.15, 0.2) is 12.3 Å². The van der Waals surface area contributed by atoms with Crippen molar-refractivity contribution >= 4 is 11.9 Å². The Hall–Kier alpha value is -2.70. The minimum Gasteiger partial charge on any atom is -0.467 e. The molecule has 0 saturated heterocycles. The SMILES string of the molecule is C[C@@H](NC(=O)COC(=O)c1cnccn1)c1ccco1. The van der Waals surface area contributed by atoms with Crippen molar-refractivity contribution in [3.8, 4) is 0 Å². The molecule has 0 bridgehead atoms. The molecule has 104 valence electrons. The summed E-state index contributed by atoms with van der Waals surface area (Å²) >= 11 is 0. The fourth-order valence-corrected chi connectivity index (χ4v) is 1.50. The molecule has 2 aromatic heterocycles. The Labute approximate surface area is 115 Å². The van der Waals surface area contributed by atoms with Gasteiger partial charge in [0.25, 0.3) is 5.91 Å². The van der Waals surface area contributed by atoms with Crippen LogP contribution in [0.3, 0.4) is 0 Å². The average Bonchev–Trinajstić information content (AvgIpc) is 3.00. The summed E-state index contributed by atoms with van der Waals surface area (Å²) in [4.78, 5) is 30.7. The summed E-state index contributed by atoms with van der Waals surface area (Å²) < 4.78 is 9.97. The number of ether oxygens (including phenoxy) is 1. The first kappa shape index (κ1) is 13.7. The molecule has 0 aliphatic carbocycles. The standard InChI is InChI=1S/C13H13N3O4/c1-9(11-3-2-6-19-11)16-12(17)8-20-13(18)10-7-14-4-5-15-10/h2-7,9H,8H2,1H3,(H,16,17)/t9-/m1/s1. The summed E-state index contributed by atoms with van der Waals surface area (Å²) in [6.45, 7) is 1.38. The number of nitrogens with one attached hydrogen (secondary N) is 1. The molecule has 0 saturated carbocycles. The highest BCUT2D eigenvalue weighted by atomic mass is 16.5. The van der Waals surface area contributed by atoms with Gasteiger partial charge in [-0.15, -0.1) is 0 Å². The van der Waals surface area contributed by atoms with Gasteiger partial charge in [-0.3, -0.25) is 9.78 Å². The van der Waals surface area contributed by atoms with E-state index in [1.807, 2.05) is 0 Å². The zero-order chi connectivity index (χ0) is 14.4. The lowest BCUT2D eigenvalue weighted by molar-refractivity contribution is -0.125. The third-order valence-corrected chi connectivity index (χ3v) is 2.45. The summed E-state index contributed by atoms with van der Waals surface area (Å²) in [6.07, 6.45) is 5.60. The third kappa shape index (κ3) is 3.64. The van der Waals surface area contributed by atoms with Gasteiger partial charge in [0.05, 0.1) is 18.5 Å². The van der Waals surface area contributed by atoms with E-state index in [9.17, 15) is 9.59 Å². The number of carbonyl (C=O) groups is 2. The van der Waals surface area contributed by atoms with E-state index in [4.69, 9.17) is 9.15 Å². The lowest BCUT2D eigenvalue weighted by Crippen LogP contribution is -2.31. The molecule has 7 nitrogen and oxygen atoms in total. The molecule has 0 fully saturated rings. The fourth-order valence-electron chi connectivity index (χ4n) is 1.50. The smallest absolute Gasteiger partial charge is 0.359 e. The number of nitrogens with zero attached hydrogens (tertiary/aromatic N) is 2. The predicted octanol–water partition coefficient (Wildman–Crippen LogP) is 1.10. The van der Waals surface area contributed by atoms with Gasteiger partial charge in [-0.2, -0.15) is 0 Å².